The Kier molecular flexibility index (Phi) is 4.05. The number of allylic oxidation sites excluding steroid dienone is 1. The molecule has 0 amide bonds. The summed E-state index contributed by atoms with van der Waals surface area (Å²) in [4.78, 5) is 10.5. The van der Waals surface area contributed by atoms with Gasteiger partial charge < -0.3 is 9.40 Å². The van der Waals surface area contributed by atoms with Crippen LogP contribution in [0.3, 0.4) is 0 Å². The maximum atomic E-state index is 5.57. The van der Waals surface area contributed by atoms with Crippen molar-refractivity contribution in [3.05, 3.63) is 71.5 Å². The zero-order valence-corrected chi connectivity index (χ0v) is 13.8. The molecule has 4 heteroatoms. The molecule has 0 atom stereocenters. The number of furan rings is 1. The minimum Gasteiger partial charge on any atom is -0.462 e. The summed E-state index contributed by atoms with van der Waals surface area (Å²) in [6, 6.07) is 12.2. The molecule has 2 aromatic heterocycles. The molecule has 1 aliphatic rings. The number of aryl methyl sites for hydroxylation is 1. The summed E-state index contributed by atoms with van der Waals surface area (Å²) in [6.07, 6.45) is 7.55. The zero-order chi connectivity index (χ0) is 16.4. The van der Waals surface area contributed by atoms with Crippen LogP contribution in [0.4, 0.5) is 0 Å². The summed E-state index contributed by atoms with van der Waals surface area (Å²) in [7, 11) is 0. The Bertz CT molecular complexity index is 867. The summed E-state index contributed by atoms with van der Waals surface area (Å²) in [5, 5.41) is 0. The molecule has 1 N–H and O–H groups in total. The fourth-order valence-electron chi connectivity index (χ4n) is 3.05. The van der Waals surface area contributed by atoms with Crippen LogP contribution in [0.2, 0.25) is 0 Å². The molecule has 0 fully saturated rings. The van der Waals surface area contributed by atoms with E-state index in [0.29, 0.717) is 0 Å². The lowest BCUT2D eigenvalue weighted by Gasteiger charge is -2.24. The second-order valence-electron chi connectivity index (χ2n) is 6.25. The van der Waals surface area contributed by atoms with Crippen molar-refractivity contribution in [2.24, 2.45) is 0 Å². The standard InChI is InChI=1S/C20H21N3O/c1-15-6-8-17(24-15)9-7-16-10-12-23(13-11-16)14-20-21-18-4-2-3-5-19(18)22-20/h2-10H,11-14H2,1H3,(H,21,22)/b9-7+. The number of para-hydroxylation sites is 2. The van der Waals surface area contributed by atoms with Gasteiger partial charge in [0.15, 0.2) is 0 Å². The second-order valence-corrected chi connectivity index (χ2v) is 6.25. The lowest BCUT2D eigenvalue weighted by atomic mass is 10.1. The van der Waals surface area contributed by atoms with Crippen LogP contribution in [0.1, 0.15) is 23.8 Å². The highest BCUT2D eigenvalue weighted by Gasteiger charge is 2.12. The molecule has 3 heterocycles. The fraction of sp³-hybridized carbons (Fsp3) is 0.250. The first-order chi connectivity index (χ1) is 11.8. The molecular weight excluding hydrogens is 298 g/mol. The first-order valence-corrected chi connectivity index (χ1v) is 8.36. The van der Waals surface area contributed by atoms with Crippen molar-refractivity contribution < 1.29 is 4.42 Å². The Morgan fingerprint density at radius 2 is 2.12 bits per heavy atom. The zero-order valence-electron chi connectivity index (χ0n) is 13.8. The summed E-state index contributed by atoms with van der Waals surface area (Å²) >= 11 is 0. The van der Waals surface area contributed by atoms with Gasteiger partial charge >= 0.3 is 0 Å². The number of rotatable bonds is 4. The third kappa shape index (κ3) is 3.34. The molecule has 1 aliphatic heterocycles. The van der Waals surface area contributed by atoms with Crippen LogP contribution >= 0.6 is 0 Å². The average Bonchev–Trinajstić information content (AvgIpc) is 3.19. The van der Waals surface area contributed by atoms with E-state index in [-0.39, 0.29) is 0 Å². The van der Waals surface area contributed by atoms with E-state index in [0.717, 1.165) is 54.4 Å². The van der Waals surface area contributed by atoms with Crippen LogP contribution in [-0.4, -0.2) is 28.0 Å². The van der Waals surface area contributed by atoms with Crippen LogP contribution in [0.15, 0.2) is 58.5 Å². The second kappa shape index (κ2) is 6.49. The number of benzene rings is 1. The largest absolute Gasteiger partial charge is 0.462 e. The Morgan fingerprint density at radius 1 is 1.21 bits per heavy atom. The predicted octanol–water partition coefficient (Wildman–Crippen LogP) is 4.31. The minimum atomic E-state index is 0.861. The number of fused-ring (bicyclic) bond motifs is 1. The van der Waals surface area contributed by atoms with Gasteiger partial charge in [-0.25, -0.2) is 4.98 Å². The van der Waals surface area contributed by atoms with Gasteiger partial charge in [0.05, 0.1) is 17.6 Å². The van der Waals surface area contributed by atoms with E-state index in [2.05, 4.69) is 33.1 Å². The van der Waals surface area contributed by atoms with Gasteiger partial charge in [-0.2, -0.15) is 0 Å². The first-order valence-electron chi connectivity index (χ1n) is 8.36. The van der Waals surface area contributed by atoms with Crippen molar-refractivity contribution >= 4 is 17.1 Å². The fourth-order valence-corrected chi connectivity index (χ4v) is 3.05. The van der Waals surface area contributed by atoms with Gasteiger partial charge in [0.1, 0.15) is 17.3 Å². The van der Waals surface area contributed by atoms with Gasteiger partial charge in [-0.1, -0.05) is 24.3 Å². The molecule has 0 aliphatic carbocycles. The molecule has 0 saturated carbocycles. The molecule has 1 aromatic carbocycles. The smallest absolute Gasteiger partial charge is 0.127 e. The Hall–Kier alpha value is -2.59. The van der Waals surface area contributed by atoms with E-state index in [1.54, 1.807) is 0 Å². The Morgan fingerprint density at radius 3 is 2.88 bits per heavy atom. The van der Waals surface area contributed by atoms with Gasteiger partial charge in [-0.15, -0.1) is 0 Å². The molecule has 3 aromatic rings. The lowest BCUT2D eigenvalue weighted by Crippen LogP contribution is -2.28. The Balaban J connectivity index is 1.38. The van der Waals surface area contributed by atoms with E-state index < -0.39 is 0 Å². The molecule has 0 bridgehead atoms. The van der Waals surface area contributed by atoms with Gasteiger partial charge in [0, 0.05) is 13.1 Å². The van der Waals surface area contributed by atoms with Crippen LogP contribution < -0.4 is 0 Å². The SMILES string of the molecule is Cc1ccc(/C=C/C2=CCN(Cc3nc4ccccc4[nH]3)CC2)o1. The molecule has 4 rings (SSSR count). The summed E-state index contributed by atoms with van der Waals surface area (Å²) in [6.45, 7) is 4.82. The quantitative estimate of drug-likeness (QED) is 0.779. The minimum absolute atomic E-state index is 0.861. The maximum absolute atomic E-state index is 5.57. The highest BCUT2D eigenvalue weighted by molar-refractivity contribution is 5.74. The summed E-state index contributed by atoms with van der Waals surface area (Å²) in [5.41, 5.74) is 3.51. The molecule has 122 valence electrons. The topological polar surface area (TPSA) is 45.1 Å². The number of aromatic amines is 1. The molecular formula is C20H21N3O. The third-order valence-electron chi connectivity index (χ3n) is 4.36. The number of aromatic nitrogens is 2. The van der Waals surface area contributed by atoms with Gasteiger partial charge in [-0.05, 0) is 49.3 Å². The molecule has 0 radical (unpaired) electrons. The van der Waals surface area contributed by atoms with Crippen LogP contribution in [-0.2, 0) is 6.54 Å². The average molecular weight is 319 g/mol. The highest BCUT2D eigenvalue weighted by Crippen LogP contribution is 2.17. The third-order valence-corrected chi connectivity index (χ3v) is 4.36. The van der Waals surface area contributed by atoms with Crippen molar-refractivity contribution in [1.82, 2.24) is 14.9 Å². The number of nitrogens with zero attached hydrogens (tertiary/aromatic N) is 2. The van der Waals surface area contributed by atoms with Gasteiger partial charge in [0.2, 0.25) is 0 Å². The summed E-state index contributed by atoms with van der Waals surface area (Å²) < 4.78 is 5.57. The molecule has 0 saturated heterocycles. The number of hydrogen-bond acceptors (Lipinski definition) is 3. The van der Waals surface area contributed by atoms with Crippen molar-refractivity contribution in [3.8, 4) is 0 Å². The predicted molar refractivity (Wildman–Crippen MR) is 96.5 cm³/mol. The number of hydrogen-bond donors (Lipinski definition) is 1. The van der Waals surface area contributed by atoms with Gasteiger partial charge in [0.25, 0.3) is 0 Å². The molecule has 0 unspecified atom stereocenters. The van der Waals surface area contributed by atoms with E-state index in [4.69, 9.17) is 4.42 Å². The maximum Gasteiger partial charge on any atom is 0.127 e. The molecule has 24 heavy (non-hydrogen) atoms. The van der Waals surface area contributed by atoms with E-state index in [1.165, 1.54) is 5.57 Å². The highest BCUT2D eigenvalue weighted by atomic mass is 16.3. The van der Waals surface area contributed by atoms with Crippen LogP contribution in [0.5, 0.6) is 0 Å². The van der Waals surface area contributed by atoms with Crippen LogP contribution in [0, 0.1) is 6.92 Å². The van der Waals surface area contributed by atoms with E-state index in [1.807, 2.05) is 43.3 Å². The van der Waals surface area contributed by atoms with Crippen molar-refractivity contribution in [2.45, 2.75) is 19.9 Å². The number of imidazole rings is 1. The van der Waals surface area contributed by atoms with E-state index in [9.17, 15) is 0 Å². The number of H-pyrrole nitrogens is 1. The normalized spacial score (nSPS) is 16.1. The summed E-state index contributed by atoms with van der Waals surface area (Å²) in [5.74, 6) is 2.90. The van der Waals surface area contributed by atoms with E-state index >= 15 is 0 Å². The number of nitrogens with one attached hydrogen (secondary N) is 1. The first kappa shape index (κ1) is 15.0. The lowest BCUT2D eigenvalue weighted by molar-refractivity contribution is 0.281. The van der Waals surface area contributed by atoms with Gasteiger partial charge in [-0.3, -0.25) is 4.90 Å². The van der Waals surface area contributed by atoms with Crippen molar-refractivity contribution in [3.63, 3.8) is 0 Å². The molecule has 4 nitrogen and oxygen atoms in total. The van der Waals surface area contributed by atoms with Crippen LogP contribution in [0.25, 0.3) is 17.1 Å². The van der Waals surface area contributed by atoms with Crippen molar-refractivity contribution in [2.75, 3.05) is 13.1 Å². The Labute approximate surface area is 141 Å². The molecule has 0 spiro atoms. The van der Waals surface area contributed by atoms with Crippen molar-refractivity contribution in [1.29, 1.82) is 0 Å². The monoisotopic (exact) mass is 319 g/mol.